The number of piperidine rings is 1. The van der Waals surface area contributed by atoms with Crippen molar-refractivity contribution < 1.29 is 14.7 Å². The quantitative estimate of drug-likeness (QED) is 0.915. The van der Waals surface area contributed by atoms with E-state index in [9.17, 15) is 14.7 Å². The number of likely N-dealkylation sites (tertiary alicyclic amines) is 1. The van der Waals surface area contributed by atoms with Crippen molar-refractivity contribution in [3.8, 4) is 0 Å². The zero-order valence-electron chi connectivity index (χ0n) is 15.5. The van der Waals surface area contributed by atoms with Gasteiger partial charge in [0.25, 0.3) is 5.91 Å². The van der Waals surface area contributed by atoms with Crippen molar-refractivity contribution in [1.29, 1.82) is 0 Å². The number of nitrogens with zero attached hydrogens (tertiary/aromatic N) is 3. The fourth-order valence-corrected chi connectivity index (χ4v) is 3.76. The normalized spacial score (nSPS) is 16.7. The summed E-state index contributed by atoms with van der Waals surface area (Å²) in [6, 6.07) is 11.2. The van der Waals surface area contributed by atoms with Crippen LogP contribution in [0.1, 0.15) is 54.4 Å². The van der Waals surface area contributed by atoms with E-state index in [1.54, 1.807) is 9.58 Å². The van der Waals surface area contributed by atoms with E-state index in [1.165, 1.54) is 0 Å². The number of aromatic nitrogens is 2. The Morgan fingerprint density at radius 2 is 1.77 bits per heavy atom. The minimum Gasteiger partial charge on any atom is -0.481 e. The molecule has 26 heavy (non-hydrogen) atoms. The third-order valence-electron chi connectivity index (χ3n) is 5.37. The summed E-state index contributed by atoms with van der Waals surface area (Å²) in [5.74, 6) is -0.663. The van der Waals surface area contributed by atoms with Crippen LogP contribution in [0.25, 0.3) is 0 Å². The topological polar surface area (TPSA) is 75.4 Å². The van der Waals surface area contributed by atoms with Crippen LogP contribution in [0.4, 0.5) is 0 Å². The van der Waals surface area contributed by atoms with Crippen molar-refractivity contribution in [3.63, 3.8) is 0 Å². The lowest BCUT2D eigenvalue weighted by Crippen LogP contribution is -2.49. The van der Waals surface area contributed by atoms with E-state index in [-0.39, 0.29) is 11.8 Å². The Hall–Kier alpha value is -2.63. The van der Waals surface area contributed by atoms with Gasteiger partial charge in [0.05, 0.1) is 5.41 Å². The Balaban J connectivity index is 1.78. The average Bonchev–Trinajstić information content (AvgIpc) is 3.04. The maximum absolute atomic E-state index is 12.8. The Bertz CT molecular complexity index is 803. The van der Waals surface area contributed by atoms with Gasteiger partial charge in [-0.15, -0.1) is 0 Å². The molecule has 1 aliphatic rings. The molecule has 2 heterocycles. The number of hydrogen-bond acceptors (Lipinski definition) is 3. The summed E-state index contributed by atoms with van der Waals surface area (Å²) in [6.45, 7) is 4.95. The Morgan fingerprint density at radius 3 is 2.27 bits per heavy atom. The molecule has 1 aromatic carbocycles. The molecule has 0 spiro atoms. The van der Waals surface area contributed by atoms with E-state index < -0.39 is 11.4 Å². The highest BCUT2D eigenvalue weighted by Gasteiger charge is 2.44. The Labute approximate surface area is 153 Å². The van der Waals surface area contributed by atoms with Gasteiger partial charge in [0.2, 0.25) is 0 Å². The number of carboxylic acid groups (broad SMARTS) is 1. The molecule has 1 amide bonds. The highest BCUT2D eigenvalue weighted by atomic mass is 16.4. The van der Waals surface area contributed by atoms with Gasteiger partial charge in [-0.1, -0.05) is 44.2 Å². The number of hydrogen-bond donors (Lipinski definition) is 1. The second-order valence-electron chi connectivity index (χ2n) is 7.28. The molecule has 1 saturated heterocycles. The molecule has 3 rings (SSSR count). The summed E-state index contributed by atoms with van der Waals surface area (Å²) in [5.41, 5.74) is 1.32. The largest absolute Gasteiger partial charge is 0.481 e. The third kappa shape index (κ3) is 3.11. The van der Waals surface area contributed by atoms with Crippen LogP contribution in [0.5, 0.6) is 0 Å². The predicted molar refractivity (Wildman–Crippen MR) is 98.2 cm³/mol. The van der Waals surface area contributed by atoms with E-state index in [1.807, 2.05) is 43.4 Å². The standard InChI is InChI=1S/C20H25N3O3/c1-14(2)17-13-16(21-22(17)3)18(24)23-11-9-20(10-12-23,19(25)26)15-7-5-4-6-8-15/h4-8,13-14H,9-12H2,1-3H3,(H,25,26). The molecule has 1 N–H and O–H groups in total. The van der Waals surface area contributed by atoms with E-state index in [0.717, 1.165) is 11.3 Å². The summed E-state index contributed by atoms with van der Waals surface area (Å²) >= 11 is 0. The maximum atomic E-state index is 12.8. The van der Waals surface area contributed by atoms with Gasteiger partial charge in [0.1, 0.15) is 0 Å². The van der Waals surface area contributed by atoms with Crippen LogP contribution in [0.2, 0.25) is 0 Å². The number of carboxylic acids is 1. The van der Waals surface area contributed by atoms with Crippen LogP contribution in [0.3, 0.4) is 0 Å². The lowest BCUT2D eigenvalue weighted by atomic mass is 9.73. The number of aliphatic carboxylic acids is 1. The van der Waals surface area contributed by atoms with Gasteiger partial charge in [0.15, 0.2) is 5.69 Å². The number of carbonyl (C=O) groups is 2. The van der Waals surface area contributed by atoms with Crippen molar-refractivity contribution in [2.24, 2.45) is 7.05 Å². The number of amides is 1. The van der Waals surface area contributed by atoms with Gasteiger partial charge < -0.3 is 10.0 Å². The number of aryl methyl sites for hydroxylation is 1. The first-order valence-corrected chi connectivity index (χ1v) is 8.97. The molecule has 6 heteroatoms. The fraction of sp³-hybridized carbons (Fsp3) is 0.450. The number of rotatable bonds is 4. The molecule has 0 atom stereocenters. The van der Waals surface area contributed by atoms with Gasteiger partial charge in [-0.3, -0.25) is 14.3 Å². The van der Waals surface area contributed by atoms with E-state index >= 15 is 0 Å². The van der Waals surface area contributed by atoms with Gasteiger partial charge >= 0.3 is 5.97 Å². The Morgan fingerprint density at radius 1 is 1.15 bits per heavy atom. The smallest absolute Gasteiger partial charge is 0.314 e. The van der Waals surface area contributed by atoms with Gasteiger partial charge in [-0.2, -0.15) is 5.10 Å². The van der Waals surface area contributed by atoms with Crippen LogP contribution < -0.4 is 0 Å². The second kappa shape index (κ2) is 6.94. The minimum absolute atomic E-state index is 0.125. The van der Waals surface area contributed by atoms with Crippen LogP contribution >= 0.6 is 0 Å². The first-order valence-electron chi connectivity index (χ1n) is 8.97. The predicted octanol–water partition coefficient (Wildman–Crippen LogP) is 2.80. The summed E-state index contributed by atoms with van der Waals surface area (Å²) in [7, 11) is 1.84. The Kier molecular flexibility index (Phi) is 4.85. The second-order valence-corrected chi connectivity index (χ2v) is 7.28. The van der Waals surface area contributed by atoms with Crippen molar-refractivity contribution >= 4 is 11.9 Å². The highest BCUT2D eigenvalue weighted by Crippen LogP contribution is 2.36. The molecule has 0 bridgehead atoms. The van der Waals surface area contributed by atoms with Crippen LogP contribution in [-0.2, 0) is 17.3 Å². The van der Waals surface area contributed by atoms with Crippen molar-refractivity contribution in [2.75, 3.05) is 13.1 Å². The van der Waals surface area contributed by atoms with E-state index in [4.69, 9.17) is 0 Å². The third-order valence-corrected chi connectivity index (χ3v) is 5.37. The molecule has 0 saturated carbocycles. The highest BCUT2D eigenvalue weighted by molar-refractivity contribution is 5.93. The molecule has 1 aromatic heterocycles. The molecule has 1 fully saturated rings. The number of benzene rings is 1. The molecule has 0 unspecified atom stereocenters. The molecule has 6 nitrogen and oxygen atoms in total. The molecule has 1 aliphatic heterocycles. The first kappa shape index (κ1) is 18.2. The summed E-state index contributed by atoms with van der Waals surface area (Å²) in [6.07, 6.45) is 0.809. The molecular formula is C20H25N3O3. The summed E-state index contributed by atoms with van der Waals surface area (Å²) < 4.78 is 1.74. The van der Waals surface area contributed by atoms with Crippen molar-refractivity contribution in [3.05, 3.63) is 53.3 Å². The molecule has 0 aliphatic carbocycles. The fourth-order valence-electron chi connectivity index (χ4n) is 3.76. The average molecular weight is 355 g/mol. The molecular weight excluding hydrogens is 330 g/mol. The maximum Gasteiger partial charge on any atom is 0.314 e. The molecule has 0 radical (unpaired) electrons. The minimum atomic E-state index is -0.925. The van der Waals surface area contributed by atoms with Crippen molar-refractivity contribution in [1.82, 2.24) is 14.7 Å². The number of carbonyl (C=O) groups excluding carboxylic acids is 1. The molecule has 2 aromatic rings. The first-order chi connectivity index (χ1) is 12.3. The summed E-state index contributed by atoms with van der Waals surface area (Å²) in [5, 5.41) is 14.2. The lowest BCUT2D eigenvalue weighted by Gasteiger charge is -2.39. The van der Waals surface area contributed by atoms with Gasteiger partial charge in [-0.25, -0.2) is 0 Å². The van der Waals surface area contributed by atoms with Gasteiger partial charge in [0, 0.05) is 25.8 Å². The monoisotopic (exact) mass is 355 g/mol. The lowest BCUT2D eigenvalue weighted by molar-refractivity contribution is -0.145. The van der Waals surface area contributed by atoms with Crippen molar-refractivity contribution in [2.45, 2.75) is 38.0 Å². The van der Waals surface area contributed by atoms with Gasteiger partial charge in [-0.05, 0) is 30.4 Å². The zero-order valence-corrected chi connectivity index (χ0v) is 15.5. The van der Waals surface area contributed by atoms with Crippen LogP contribution in [-0.4, -0.2) is 44.8 Å². The molecule has 138 valence electrons. The van der Waals surface area contributed by atoms with Crippen LogP contribution in [0, 0.1) is 0 Å². The SMILES string of the molecule is CC(C)c1cc(C(=O)N2CCC(C(=O)O)(c3ccccc3)CC2)nn1C. The van der Waals surface area contributed by atoms with E-state index in [2.05, 4.69) is 18.9 Å². The van der Waals surface area contributed by atoms with Crippen LogP contribution in [0.15, 0.2) is 36.4 Å². The zero-order chi connectivity index (χ0) is 18.9. The summed E-state index contributed by atoms with van der Waals surface area (Å²) in [4.78, 5) is 26.6. The van der Waals surface area contributed by atoms with E-state index in [0.29, 0.717) is 31.6 Å².